The number of hydrogen-bond acceptors (Lipinski definition) is 5. The molecule has 3 N–H and O–H groups in total. The van der Waals surface area contributed by atoms with Crippen LogP contribution in [-0.2, 0) is 11.2 Å². The van der Waals surface area contributed by atoms with E-state index in [4.69, 9.17) is 22.1 Å². The molecule has 2 aromatic rings. The number of anilines is 2. The fraction of sp³-hybridized carbons (Fsp3) is 0.375. The number of ether oxygens (including phenoxy) is 1. The zero-order valence-corrected chi connectivity index (χ0v) is 13.0. The Labute approximate surface area is 134 Å². The van der Waals surface area contributed by atoms with Gasteiger partial charge in [0.1, 0.15) is 5.82 Å². The van der Waals surface area contributed by atoms with Crippen molar-refractivity contribution < 1.29 is 4.74 Å². The molecule has 1 atom stereocenters. The summed E-state index contributed by atoms with van der Waals surface area (Å²) >= 11 is 6.16. The van der Waals surface area contributed by atoms with Gasteiger partial charge in [0, 0.05) is 30.2 Å². The van der Waals surface area contributed by atoms with Crippen LogP contribution in [0.4, 0.5) is 11.8 Å². The molecule has 22 heavy (non-hydrogen) atoms. The summed E-state index contributed by atoms with van der Waals surface area (Å²) < 4.78 is 5.41. The van der Waals surface area contributed by atoms with Crippen molar-refractivity contribution in [3.05, 3.63) is 46.6 Å². The number of aromatic nitrogens is 2. The van der Waals surface area contributed by atoms with Crippen molar-refractivity contribution in [3.63, 3.8) is 0 Å². The Morgan fingerprint density at radius 2 is 2.18 bits per heavy atom. The Bertz CT molecular complexity index is 644. The normalized spacial score (nSPS) is 17.6. The topological polar surface area (TPSA) is 73.1 Å². The molecule has 1 aliphatic rings. The first-order valence-corrected chi connectivity index (χ1v) is 7.79. The fourth-order valence-corrected chi connectivity index (χ4v) is 2.81. The van der Waals surface area contributed by atoms with Gasteiger partial charge in [0.05, 0.1) is 12.3 Å². The van der Waals surface area contributed by atoms with Gasteiger partial charge in [-0.05, 0) is 24.5 Å². The lowest BCUT2D eigenvalue weighted by molar-refractivity contribution is 0.193. The fourth-order valence-electron chi connectivity index (χ4n) is 2.58. The first kappa shape index (κ1) is 15.1. The summed E-state index contributed by atoms with van der Waals surface area (Å²) in [4.78, 5) is 8.56. The van der Waals surface area contributed by atoms with Gasteiger partial charge < -0.3 is 15.8 Å². The molecule has 1 aliphatic heterocycles. The van der Waals surface area contributed by atoms with Crippen LogP contribution in [-0.4, -0.2) is 29.7 Å². The van der Waals surface area contributed by atoms with Crippen molar-refractivity contribution in [3.8, 4) is 0 Å². The second-order valence-electron chi connectivity index (χ2n) is 5.36. The molecule has 1 aromatic carbocycles. The van der Waals surface area contributed by atoms with Crippen LogP contribution in [0.5, 0.6) is 0 Å². The lowest BCUT2D eigenvalue weighted by Crippen LogP contribution is -2.11. The van der Waals surface area contributed by atoms with Crippen molar-refractivity contribution in [1.82, 2.24) is 9.97 Å². The maximum atomic E-state index is 6.16. The van der Waals surface area contributed by atoms with E-state index >= 15 is 0 Å². The molecule has 5 nitrogen and oxygen atoms in total. The Balaban J connectivity index is 1.63. The molecule has 3 rings (SSSR count). The Morgan fingerprint density at radius 1 is 1.32 bits per heavy atom. The van der Waals surface area contributed by atoms with E-state index in [1.165, 1.54) is 0 Å². The van der Waals surface area contributed by atoms with Crippen molar-refractivity contribution in [2.24, 2.45) is 0 Å². The maximum absolute atomic E-state index is 6.16. The average molecular weight is 319 g/mol. The molecule has 0 radical (unpaired) electrons. The number of nitrogen functional groups attached to an aromatic ring is 1. The summed E-state index contributed by atoms with van der Waals surface area (Å²) in [5, 5.41) is 4.08. The molecule has 0 aliphatic carbocycles. The van der Waals surface area contributed by atoms with Crippen LogP contribution < -0.4 is 11.1 Å². The molecule has 2 heterocycles. The van der Waals surface area contributed by atoms with Crippen LogP contribution in [0.15, 0.2) is 30.3 Å². The van der Waals surface area contributed by atoms with Gasteiger partial charge in [-0.1, -0.05) is 29.8 Å². The van der Waals surface area contributed by atoms with Gasteiger partial charge in [-0.3, -0.25) is 0 Å². The van der Waals surface area contributed by atoms with Gasteiger partial charge in [0.2, 0.25) is 5.95 Å². The number of hydrogen-bond donors (Lipinski definition) is 2. The third kappa shape index (κ3) is 3.67. The van der Waals surface area contributed by atoms with Crippen LogP contribution in [0, 0.1) is 0 Å². The number of benzene rings is 1. The molecule has 0 saturated carbocycles. The van der Waals surface area contributed by atoms with E-state index in [-0.39, 0.29) is 0 Å². The minimum Gasteiger partial charge on any atom is -0.381 e. The van der Waals surface area contributed by atoms with E-state index in [1.807, 2.05) is 30.3 Å². The van der Waals surface area contributed by atoms with Gasteiger partial charge in [0.25, 0.3) is 0 Å². The first-order valence-electron chi connectivity index (χ1n) is 7.42. The minimum absolute atomic E-state index is 0.296. The molecule has 1 aromatic heterocycles. The van der Waals surface area contributed by atoms with Gasteiger partial charge in [-0.25, -0.2) is 4.98 Å². The highest BCUT2D eigenvalue weighted by molar-refractivity contribution is 6.31. The van der Waals surface area contributed by atoms with E-state index in [2.05, 4.69) is 15.3 Å². The first-order chi connectivity index (χ1) is 10.7. The predicted molar refractivity (Wildman–Crippen MR) is 88.3 cm³/mol. The molecule has 6 heteroatoms. The quantitative estimate of drug-likeness (QED) is 0.887. The van der Waals surface area contributed by atoms with Gasteiger partial charge in [-0.2, -0.15) is 4.98 Å². The van der Waals surface area contributed by atoms with E-state index in [9.17, 15) is 0 Å². The molecule has 1 fully saturated rings. The van der Waals surface area contributed by atoms with E-state index in [0.29, 0.717) is 18.5 Å². The molecule has 1 saturated heterocycles. The number of rotatable bonds is 5. The molecular formula is C16H19ClN4O. The summed E-state index contributed by atoms with van der Waals surface area (Å²) in [6, 6.07) is 9.81. The summed E-state index contributed by atoms with van der Waals surface area (Å²) in [5.74, 6) is 1.36. The Kier molecular flexibility index (Phi) is 4.75. The van der Waals surface area contributed by atoms with E-state index in [1.54, 1.807) is 0 Å². The summed E-state index contributed by atoms with van der Waals surface area (Å²) in [6.07, 6.45) is 1.81. The van der Waals surface area contributed by atoms with Gasteiger partial charge >= 0.3 is 0 Å². The van der Waals surface area contributed by atoms with Crippen LogP contribution >= 0.6 is 11.6 Å². The zero-order valence-electron chi connectivity index (χ0n) is 12.3. The Hall–Kier alpha value is -1.85. The molecule has 0 bridgehead atoms. The SMILES string of the molecule is Nc1nc(NCCc2ccccc2Cl)cc([C@@H]2CCOC2)n1. The summed E-state index contributed by atoms with van der Waals surface area (Å²) in [7, 11) is 0. The monoisotopic (exact) mass is 318 g/mol. The standard InChI is InChI=1S/C16H19ClN4O/c17-13-4-2-1-3-11(13)5-7-19-15-9-14(20-16(18)21-15)12-6-8-22-10-12/h1-4,9,12H,5-8,10H2,(H3,18,19,20,21)/t12-/m1/s1. The molecular weight excluding hydrogens is 300 g/mol. The Morgan fingerprint density at radius 3 is 2.95 bits per heavy atom. The third-order valence-corrected chi connectivity index (χ3v) is 4.14. The van der Waals surface area contributed by atoms with E-state index in [0.717, 1.165) is 48.1 Å². The molecule has 0 spiro atoms. The van der Waals surface area contributed by atoms with Crippen LogP contribution in [0.25, 0.3) is 0 Å². The van der Waals surface area contributed by atoms with Gasteiger partial charge in [0.15, 0.2) is 0 Å². The third-order valence-electron chi connectivity index (χ3n) is 3.77. The molecule has 0 unspecified atom stereocenters. The van der Waals surface area contributed by atoms with E-state index < -0.39 is 0 Å². The average Bonchev–Trinajstić information content (AvgIpc) is 3.03. The largest absolute Gasteiger partial charge is 0.381 e. The number of nitrogens with one attached hydrogen (secondary N) is 1. The van der Waals surface area contributed by atoms with Crippen molar-refractivity contribution in [1.29, 1.82) is 0 Å². The highest BCUT2D eigenvalue weighted by Gasteiger charge is 2.20. The minimum atomic E-state index is 0.296. The molecule has 0 amide bonds. The summed E-state index contributed by atoms with van der Waals surface area (Å²) in [5.41, 5.74) is 7.87. The number of halogens is 1. The number of nitrogens with zero attached hydrogens (tertiary/aromatic N) is 2. The zero-order chi connectivity index (χ0) is 15.4. The second-order valence-corrected chi connectivity index (χ2v) is 5.77. The van der Waals surface area contributed by atoms with Crippen LogP contribution in [0.1, 0.15) is 23.6 Å². The molecule has 116 valence electrons. The van der Waals surface area contributed by atoms with Gasteiger partial charge in [-0.15, -0.1) is 0 Å². The van der Waals surface area contributed by atoms with Crippen molar-refractivity contribution in [2.45, 2.75) is 18.8 Å². The summed E-state index contributed by atoms with van der Waals surface area (Å²) in [6.45, 7) is 2.22. The van der Waals surface area contributed by atoms with Crippen LogP contribution in [0.2, 0.25) is 5.02 Å². The van der Waals surface area contributed by atoms with Crippen LogP contribution in [0.3, 0.4) is 0 Å². The number of nitrogens with two attached hydrogens (primary N) is 1. The van der Waals surface area contributed by atoms with Crippen molar-refractivity contribution in [2.75, 3.05) is 30.8 Å². The lowest BCUT2D eigenvalue weighted by atomic mass is 10.0. The maximum Gasteiger partial charge on any atom is 0.222 e. The highest BCUT2D eigenvalue weighted by atomic mass is 35.5. The second kappa shape index (κ2) is 6.94. The highest BCUT2D eigenvalue weighted by Crippen LogP contribution is 2.25. The van der Waals surface area contributed by atoms with Crippen molar-refractivity contribution >= 4 is 23.4 Å². The predicted octanol–water partition coefficient (Wildman–Crippen LogP) is 2.87. The lowest BCUT2D eigenvalue weighted by Gasteiger charge is -2.11. The smallest absolute Gasteiger partial charge is 0.222 e.